The van der Waals surface area contributed by atoms with Crippen LogP contribution in [0.2, 0.25) is 0 Å². The maximum absolute atomic E-state index is 11.9. The third-order valence-corrected chi connectivity index (χ3v) is 3.96. The Balaban J connectivity index is 2.21. The minimum Gasteiger partial charge on any atom is -0.469 e. The van der Waals surface area contributed by atoms with Crippen molar-refractivity contribution in [2.45, 2.75) is 39.5 Å². The predicted octanol–water partition coefficient (Wildman–Crippen LogP) is 3.19. The van der Waals surface area contributed by atoms with Gasteiger partial charge in [-0.25, -0.2) is 0 Å². The molecule has 0 aliphatic heterocycles. The van der Waals surface area contributed by atoms with Crippen molar-refractivity contribution < 1.29 is 9.53 Å². The fourth-order valence-corrected chi connectivity index (χ4v) is 2.68. The van der Waals surface area contributed by atoms with Crippen molar-refractivity contribution in [3.8, 4) is 0 Å². The quantitative estimate of drug-likeness (QED) is 0.748. The number of carbonyl (C=O) groups excluding carboxylic acids is 1. The van der Waals surface area contributed by atoms with Gasteiger partial charge in [0.1, 0.15) is 0 Å². The third kappa shape index (κ3) is 2.21. The molecule has 1 aliphatic carbocycles. The highest BCUT2D eigenvalue weighted by Crippen LogP contribution is 2.45. The lowest BCUT2D eigenvalue weighted by atomic mass is 9.65. The van der Waals surface area contributed by atoms with Crippen molar-refractivity contribution in [2.24, 2.45) is 5.41 Å². The third-order valence-electron chi connectivity index (χ3n) is 3.96. The first-order chi connectivity index (χ1) is 8.07. The summed E-state index contributed by atoms with van der Waals surface area (Å²) in [6.07, 6.45) is 3.89. The fraction of sp³-hybridized carbons (Fsp3) is 0.533. The van der Waals surface area contributed by atoms with Gasteiger partial charge in [-0.15, -0.1) is 0 Å². The van der Waals surface area contributed by atoms with Crippen molar-refractivity contribution in [2.75, 3.05) is 7.11 Å². The second-order valence-electron chi connectivity index (χ2n) is 5.23. The van der Waals surface area contributed by atoms with Crippen LogP contribution in [-0.2, 0) is 16.0 Å². The second kappa shape index (κ2) is 4.52. The van der Waals surface area contributed by atoms with Gasteiger partial charge >= 0.3 is 5.97 Å². The molecule has 0 aromatic heterocycles. The van der Waals surface area contributed by atoms with Gasteiger partial charge < -0.3 is 4.74 Å². The first-order valence-corrected chi connectivity index (χ1v) is 6.22. The molecule has 1 saturated carbocycles. The summed E-state index contributed by atoms with van der Waals surface area (Å²) in [6.45, 7) is 4.21. The molecule has 0 spiro atoms. The topological polar surface area (TPSA) is 26.3 Å². The van der Waals surface area contributed by atoms with E-state index in [9.17, 15) is 4.79 Å². The van der Waals surface area contributed by atoms with E-state index in [-0.39, 0.29) is 11.4 Å². The minimum atomic E-state index is -0.241. The molecule has 1 aromatic rings. The SMILES string of the molecule is COC(=O)C1(Cc2ccc(C)cc2C)CCC1. The van der Waals surface area contributed by atoms with Crippen LogP contribution in [-0.4, -0.2) is 13.1 Å². The number of aryl methyl sites for hydroxylation is 2. The van der Waals surface area contributed by atoms with Gasteiger partial charge in [0.25, 0.3) is 0 Å². The maximum Gasteiger partial charge on any atom is 0.312 e. The summed E-state index contributed by atoms with van der Waals surface area (Å²) in [5.74, 6) is -0.0382. The van der Waals surface area contributed by atoms with Gasteiger partial charge in [-0.3, -0.25) is 4.79 Å². The van der Waals surface area contributed by atoms with Crippen LogP contribution in [0.15, 0.2) is 18.2 Å². The van der Waals surface area contributed by atoms with Crippen LogP contribution in [0.4, 0.5) is 0 Å². The van der Waals surface area contributed by atoms with Crippen LogP contribution in [0, 0.1) is 19.3 Å². The summed E-state index contributed by atoms with van der Waals surface area (Å²) >= 11 is 0. The summed E-state index contributed by atoms with van der Waals surface area (Å²) < 4.78 is 4.95. The second-order valence-corrected chi connectivity index (χ2v) is 5.23. The van der Waals surface area contributed by atoms with E-state index in [2.05, 4.69) is 32.0 Å². The minimum absolute atomic E-state index is 0.0382. The molecular formula is C15H20O2. The number of ether oxygens (including phenoxy) is 1. The predicted molar refractivity (Wildman–Crippen MR) is 67.9 cm³/mol. The molecule has 2 rings (SSSR count). The molecule has 92 valence electrons. The van der Waals surface area contributed by atoms with Gasteiger partial charge in [-0.1, -0.05) is 30.2 Å². The van der Waals surface area contributed by atoms with Crippen LogP contribution < -0.4 is 0 Å². The van der Waals surface area contributed by atoms with E-state index >= 15 is 0 Å². The normalized spacial score (nSPS) is 17.4. The summed E-state index contributed by atoms with van der Waals surface area (Å²) in [5, 5.41) is 0. The Labute approximate surface area is 103 Å². The lowest BCUT2D eigenvalue weighted by molar-refractivity contribution is -0.158. The Morgan fingerprint density at radius 3 is 2.53 bits per heavy atom. The highest BCUT2D eigenvalue weighted by molar-refractivity contribution is 5.78. The van der Waals surface area contributed by atoms with E-state index in [0.29, 0.717) is 0 Å². The monoisotopic (exact) mass is 232 g/mol. The summed E-state index contributed by atoms with van der Waals surface area (Å²) in [7, 11) is 1.49. The number of rotatable bonds is 3. The van der Waals surface area contributed by atoms with E-state index in [0.717, 1.165) is 25.7 Å². The molecule has 0 amide bonds. The fourth-order valence-electron chi connectivity index (χ4n) is 2.68. The van der Waals surface area contributed by atoms with Crippen molar-refractivity contribution in [3.05, 3.63) is 34.9 Å². The van der Waals surface area contributed by atoms with Gasteiger partial charge in [-0.05, 0) is 44.2 Å². The average Bonchev–Trinajstić information content (AvgIpc) is 2.25. The van der Waals surface area contributed by atoms with Crippen LogP contribution in [0.5, 0.6) is 0 Å². The molecule has 0 N–H and O–H groups in total. The molecule has 0 heterocycles. The van der Waals surface area contributed by atoms with E-state index in [1.165, 1.54) is 23.8 Å². The van der Waals surface area contributed by atoms with Gasteiger partial charge in [0.05, 0.1) is 12.5 Å². The number of methoxy groups -OCH3 is 1. The van der Waals surface area contributed by atoms with E-state index in [4.69, 9.17) is 4.74 Å². The lowest BCUT2D eigenvalue weighted by Gasteiger charge is -2.39. The zero-order valence-electron chi connectivity index (χ0n) is 10.9. The highest BCUT2D eigenvalue weighted by atomic mass is 16.5. The molecular weight excluding hydrogens is 212 g/mol. The highest BCUT2D eigenvalue weighted by Gasteiger charge is 2.45. The molecule has 0 radical (unpaired) electrons. The largest absolute Gasteiger partial charge is 0.469 e. The van der Waals surface area contributed by atoms with E-state index < -0.39 is 0 Å². The molecule has 1 aromatic carbocycles. The molecule has 0 atom stereocenters. The smallest absolute Gasteiger partial charge is 0.312 e. The Bertz CT molecular complexity index is 431. The standard InChI is InChI=1S/C15H20O2/c1-11-5-6-13(12(2)9-11)10-15(7-4-8-15)14(16)17-3/h5-6,9H,4,7-8,10H2,1-3H3. The van der Waals surface area contributed by atoms with Crippen LogP contribution in [0.3, 0.4) is 0 Å². The van der Waals surface area contributed by atoms with Crippen LogP contribution >= 0.6 is 0 Å². The maximum atomic E-state index is 11.9. The Morgan fingerprint density at radius 1 is 1.35 bits per heavy atom. The first-order valence-electron chi connectivity index (χ1n) is 6.22. The molecule has 0 saturated heterocycles. The van der Waals surface area contributed by atoms with Gasteiger partial charge in [-0.2, -0.15) is 0 Å². The molecule has 0 bridgehead atoms. The first kappa shape index (κ1) is 12.2. The van der Waals surface area contributed by atoms with Gasteiger partial charge in [0, 0.05) is 0 Å². The number of hydrogen-bond donors (Lipinski definition) is 0. The van der Waals surface area contributed by atoms with Crippen molar-refractivity contribution in [1.29, 1.82) is 0 Å². The van der Waals surface area contributed by atoms with Crippen LogP contribution in [0.25, 0.3) is 0 Å². The lowest BCUT2D eigenvalue weighted by Crippen LogP contribution is -2.41. The molecule has 2 heteroatoms. The molecule has 17 heavy (non-hydrogen) atoms. The Morgan fingerprint density at radius 2 is 2.06 bits per heavy atom. The van der Waals surface area contributed by atoms with Gasteiger partial charge in [0.2, 0.25) is 0 Å². The summed E-state index contributed by atoms with van der Waals surface area (Å²) in [5.41, 5.74) is 3.59. The Kier molecular flexibility index (Phi) is 3.23. The molecule has 0 unspecified atom stereocenters. The van der Waals surface area contributed by atoms with Crippen molar-refractivity contribution >= 4 is 5.97 Å². The zero-order valence-corrected chi connectivity index (χ0v) is 10.9. The zero-order chi connectivity index (χ0) is 12.5. The number of benzene rings is 1. The summed E-state index contributed by atoms with van der Waals surface area (Å²) in [6, 6.07) is 6.44. The molecule has 2 nitrogen and oxygen atoms in total. The van der Waals surface area contributed by atoms with Crippen molar-refractivity contribution in [1.82, 2.24) is 0 Å². The van der Waals surface area contributed by atoms with Crippen LogP contribution in [0.1, 0.15) is 36.0 Å². The number of carbonyl (C=O) groups is 1. The van der Waals surface area contributed by atoms with Crippen molar-refractivity contribution in [3.63, 3.8) is 0 Å². The van der Waals surface area contributed by atoms with E-state index in [1.807, 2.05) is 0 Å². The Hall–Kier alpha value is -1.31. The average molecular weight is 232 g/mol. The molecule has 1 fully saturated rings. The van der Waals surface area contributed by atoms with E-state index in [1.54, 1.807) is 0 Å². The molecule has 1 aliphatic rings. The van der Waals surface area contributed by atoms with Gasteiger partial charge in [0.15, 0.2) is 0 Å². The number of esters is 1. The summed E-state index contributed by atoms with van der Waals surface area (Å²) in [4.78, 5) is 11.9. The number of hydrogen-bond acceptors (Lipinski definition) is 2.